The molecule has 8 N–H and O–H groups in total. The minimum absolute atomic E-state index is 0.0626. The van der Waals surface area contributed by atoms with Crippen molar-refractivity contribution in [1.82, 2.24) is 20.6 Å². The van der Waals surface area contributed by atoms with Gasteiger partial charge in [0.2, 0.25) is 17.8 Å². The Balaban J connectivity index is 1.07. The predicted octanol–water partition coefficient (Wildman–Crippen LogP) is 3.83. The summed E-state index contributed by atoms with van der Waals surface area (Å²) in [6.07, 6.45) is 4.47. The molecular weight excluding hydrogens is 745 g/mol. The van der Waals surface area contributed by atoms with Crippen molar-refractivity contribution in [2.45, 2.75) is 84.7 Å². The summed E-state index contributed by atoms with van der Waals surface area (Å²) in [6, 6.07) is 12.6. The molecule has 1 saturated heterocycles. The Morgan fingerprint density at radius 3 is 2.28 bits per heavy atom. The number of aryl methyl sites for hydroxylation is 2. The van der Waals surface area contributed by atoms with E-state index in [9.17, 15) is 14.4 Å². The SMILES string of the molecule is CCc1nc(N)nc(N)c1OCCCOc1ccccc1CCC(=O)NCCOCCOCCNC(=O)c1ccc(N2C(CC(C)(C)C)CCC2C(N)=O)c(OC)c1. The van der Waals surface area contributed by atoms with Crippen molar-refractivity contribution in [3.63, 3.8) is 0 Å². The number of methoxy groups -OCH3 is 1. The molecule has 0 aliphatic carbocycles. The van der Waals surface area contributed by atoms with Crippen LogP contribution in [0.25, 0.3) is 0 Å². The van der Waals surface area contributed by atoms with Gasteiger partial charge in [-0.2, -0.15) is 4.98 Å². The molecule has 16 heteroatoms. The number of carbonyl (C=O) groups is 3. The van der Waals surface area contributed by atoms with Gasteiger partial charge in [0, 0.05) is 37.5 Å². The van der Waals surface area contributed by atoms with E-state index in [0.717, 1.165) is 29.8 Å². The number of nitrogens with zero attached hydrogens (tertiary/aromatic N) is 3. The minimum Gasteiger partial charge on any atom is -0.495 e. The van der Waals surface area contributed by atoms with E-state index in [1.165, 1.54) is 0 Å². The summed E-state index contributed by atoms with van der Waals surface area (Å²) in [6.45, 7) is 11.3. The normalized spacial score (nSPS) is 15.2. The number of aromatic nitrogens is 2. The molecule has 1 fully saturated rings. The largest absolute Gasteiger partial charge is 0.495 e. The highest BCUT2D eigenvalue weighted by atomic mass is 16.5. The van der Waals surface area contributed by atoms with Crippen molar-refractivity contribution in [1.29, 1.82) is 0 Å². The lowest BCUT2D eigenvalue weighted by molar-refractivity contribution is -0.121. The first-order chi connectivity index (χ1) is 27.8. The number of amides is 3. The lowest BCUT2D eigenvalue weighted by atomic mass is 9.87. The third-order valence-corrected chi connectivity index (χ3v) is 9.57. The number of benzene rings is 2. The number of rotatable bonds is 24. The Hall–Kier alpha value is -5.35. The average molecular weight is 807 g/mol. The number of nitrogen functional groups attached to an aromatic ring is 2. The molecule has 2 unspecified atom stereocenters. The molecule has 2 aromatic carbocycles. The molecule has 16 nitrogen and oxygen atoms in total. The molecule has 3 amide bonds. The van der Waals surface area contributed by atoms with Crippen molar-refractivity contribution in [3.8, 4) is 17.2 Å². The summed E-state index contributed by atoms with van der Waals surface area (Å²) in [4.78, 5) is 48.0. The van der Waals surface area contributed by atoms with Gasteiger partial charge in [0.15, 0.2) is 11.6 Å². The molecule has 4 rings (SSSR count). The van der Waals surface area contributed by atoms with Crippen LogP contribution in [0, 0.1) is 5.41 Å². The lowest BCUT2D eigenvalue weighted by Gasteiger charge is -2.35. The molecule has 0 spiro atoms. The van der Waals surface area contributed by atoms with E-state index in [1.54, 1.807) is 19.2 Å². The van der Waals surface area contributed by atoms with Gasteiger partial charge in [0.25, 0.3) is 5.91 Å². The molecule has 58 heavy (non-hydrogen) atoms. The van der Waals surface area contributed by atoms with Gasteiger partial charge in [-0.25, -0.2) is 4.98 Å². The van der Waals surface area contributed by atoms with Crippen molar-refractivity contribution >= 4 is 35.2 Å². The fraction of sp³-hybridized carbons (Fsp3) is 0.548. The number of carbonyl (C=O) groups excluding carboxylic acids is 3. The van der Waals surface area contributed by atoms with Gasteiger partial charge in [-0.3, -0.25) is 14.4 Å². The maximum atomic E-state index is 12.9. The predicted molar refractivity (Wildman–Crippen MR) is 223 cm³/mol. The number of ether oxygens (including phenoxy) is 5. The number of nitrogens with one attached hydrogen (secondary N) is 2. The molecule has 0 radical (unpaired) electrons. The second kappa shape index (κ2) is 22.6. The van der Waals surface area contributed by atoms with Crippen LogP contribution in [0.5, 0.6) is 17.2 Å². The maximum Gasteiger partial charge on any atom is 0.251 e. The van der Waals surface area contributed by atoms with Gasteiger partial charge in [-0.15, -0.1) is 0 Å². The zero-order valence-corrected chi connectivity index (χ0v) is 34.6. The van der Waals surface area contributed by atoms with E-state index in [4.69, 9.17) is 40.9 Å². The van der Waals surface area contributed by atoms with Gasteiger partial charge >= 0.3 is 0 Å². The van der Waals surface area contributed by atoms with E-state index in [0.29, 0.717) is 108 Å². The molecule has 318 valence electrons. The van der Waals surface area contributed by atoms with E-state index >= 15 is 0 Å². The zero-order valence-electron chi connectivity index (χ0n) is 34.6. The summed E-state index contributed by atoms with van der Waals surface area (Å²) < 4.78 is 28.7. The number of nitrogens with two attached hydrogens (primary N) is 3. The van der Waals surface area contributed by atoms with Crippen LogP contribution in [0.3, 0.4) is 0 Å². The van der Waals surface area contributed by atoms with Gasteiger partial charge < -0.3 is 56.4 Å². The van der Waals surface area contributed by atoms with E-state index in [1.807, 2.05) is 37.3 Å². The summed E-state index contributed by atoms with van der Waals surface area (Å²) in [5.41, 5.74) is 20.3. The Morgan fingerprint density at radius 1 is 0.879 bits per heavy atom. The third-order valence-electron chi connectivity index (χ3n) is 9.57. The summed E-state index contributed by atoms with van der Waals surface area (Å²) in [5, 5.41) is 5.74. The van der Waals surface area contributed by atoms with Crippen LogP contribution in [0.1, 0.15) is 81.4 Å². The molecule has 2 heterocycles. The van der Waals surface area contributed by atoms with E-state index in [2.05, 4.69) is 46.3 Å². The molecule has 3 aromatic rings. The second-order valence-corrected chi connectivity index (χ2v) is 15.3. The third kappa shape index (κ3) is 13.9. The first-order valence-corrected chi connectivity index (χ1v) is 20.0. The van der Waals surface area contributed by atoms with Crippen LogP contribution in [0.4, 0.5) is 17.5 Å². The fourth-order valence-corrected chi connectivity index (χ4v) is 6.93. The Morgan fingerprint density at radius 2 is 1.59 bits per heavy atom. The van der Waals surface area contributed by atoms with Crippen molar-refractivity contribution in [2.75, 3.05) is 76.2 Å². The Bertz CT molecular complexity index is 1800. The molecular formula is C42H62N8O8. The maximum absolute atomic E-state index is 12.9. The molecule has 0 bridgehead atoms. The Kier molecular flexibility index (Phi) is 17.6. The molecule has 1 aromatic heterocycles. The van der Waals surface area contributed by atoms with Crippen molar-refractivity contribution in [2.24, 2.45) is 11.1 Å². The number of primary amides is 1. The van der Waals surface area contributed by atoms with Crippen molar-refractivity contribution < 1.29 is 38.1 Å². The minimum atomic E-state index is -0.430. The standard InChI is InChI=1S/C42H62N8O8/c1-6-31-37(38(43)49-41(45)48-31)58-21-9-20-57-34-11-8-7-10-28(34)13-17-36(51)46-18-22-55-24-25-56-23-19-47-40(53)29-12-15-32(35(26-29)54-5)50-30(27-42(2,3)4)14-16-33(50)39(44)52/h7-8,10-12,15,26,30,33H,6,9,13-14,16-25,27H2,1-5H3,(H2,44,52)(H,46,51)(H,47,53)(H4,43,45,48,49). The van der Waals surface area contributed by atoms with Crippen molar-refractivity contribution in [3.05, 3.63) is 59.3 Å². The molecule has 2 atom stereocenters. The van der Waals surface area contributed by atoms with Gasteiger partial charge in [-0.1, -0.05) is 45.9 Å². The highest BCUT2D eigenvalue weighted by Crippen LogP contribution is 2.41. The van der Waals surface area contributed by atoms with Crippen LogP contribution in [0.2, 0.25) is 0 Å². The topological polar surface area (TPSA) is 228 Å². The van der Waals surface area contributed by atoms with Crippen LogP contribution >= 0.6 is 0 Å². The second-order valence-electron chi connectivity index (χ2n) is 15.3. The van der Waals surface area contributed by atoms with Crippen LogP contribution < -0.4 is 46.9 Å². The monoisotopic (exact) mass is 806 g/mol. The summed E-state index contributed by atoms with van der Waals surface area (Å²) in [7, 11) is 1.55. The van der Waals surface area contributed by atoms with Crippen LogP contribution in [-0.2, 0) is 31.9 Å². The number of anilines is 3. The molecule has 1 aliphatic rings. The summed E-state index contributed by atoms with van der Waals surface area (Å²) >= 11 is 0. The molecule has 1 aliphatic heterocycles. The lowest BCUT2D eigenvalue weighted by Crippen LogP contribution is -2.45. The average Bonchev–Trinajstić information content (AvgIpc) is 3.60. The highest BCUT2D eigenvalue weighted by molar-refractivity contribution is 5.95. The number of hydrogen-bond donors (Lipinski definition) is 5. The number of hydrogen-bond acceptors (Lipinski definition) is 13. The highest BCUT2D eigenvalue weighted by Gasteiger charge is 2.39. The van der Waals surface area contributed by atoms with Gasteiger partial charge in [0.05, 0.1) is 58.1 Å². The smallest absolute Gasteiger partial charge is 0.251 e. The van der Waals surface area contributed by atoms with Gasteiger partial charge in [0.1, 0.15) is 17.5 Å². The van der Waals surface area contributed by atoms with E-state index < -0.39 is 6.04 Å². The van der Waals surface area contributed by atoms with Gasteiger partial charge in [-0.05, 0) is 67.3 Å². The first-order valence-electron chi connectivity index (χ1n) is 20.0. The molecule has 0 saturated carbocycles. The first kappa shape index (κ1) is 45.4. The summed E-state index contributed by atoms with van der Waals surface area (Å²) in [5.74, 6) is 1.31. The van der Waals surface area contributed by atoms with Crippen LogP contribution in [0.15, 0.2) is 42.5 Å². The Labute approximate surface area is 341 Å². The van der Waals surface area contributed by atoms with E-state index in [-0.39, 0.29) is 40.9 Å². The quantitative estimate of drug-likeness (QED) is 0.0812. The fourth-order valence-electron chi connectivity index (χ4n) is 6.93. The zero-order chi connectivity index (χ0) is 42.1. The number of para-hydroxylation sites is 1. The van der Waals surface area contributed by atoms with Crippen LogP contribution in [-0.4, -0.2) is 99.6 Å².